The number of carbonyl (C=O) groups is 1. The van der Waals surface area contributed by atoms with Crippen molar-refractivity contribution in [1.82, 2.24) is 10.2 Å². The van der Waals surface area contributed by atoms with Crippen molar-refractivity contribution >= 4 is 11.8 Å². The van der Waals surface area contributed by atoms with Crippen LogP contribution in [0, 0.1) is 11.8 Å². The molecule has 31 heavy (non-hydrogen) atoms. The van der Waals surface area contributed by atoms with Crippen molar-refractivity contribution < 1.29 is 9.53 Å². The largest absolute Gasteiger partial charge is 0.444 e. The molecule has 2 heterocycles. The molecule has 0 spiro atoms. The summed E-state index contributed by atoms with van der Waals surface area (Å²) in [7, 11) is 0. The van der Waals surface area contributed by atoms with E-state index in [1.165, 1.54) is 25.7 Å². The average molecular weight is 431 g/mol. The highest BCUT2D eigenvalue weighted by Crippen LogP contribution is 2.35. The molecule has 1 amide bonds. The van der Waals surface area contributed by atoms with Crippen LogP contribution in [0.25, 0.3) is 0 Å². The Kier molecular flexibility index (Phi) is 7.84. The number of rotatable bonds is 5. The van der Waals surface area contributed by atoms with E-state index in [0.29, 0.717) is 19.0 Å². The van der Waals surface area contributed by atoms with E-state index >= 15 is 0 Å². The van der Waals surface area contributed by atoms with Crippen molar-refractivity contribution in [2.24, 2.45) is 22.6 Å². The summed E-state index contributed by atoms with van der Waals surface area (Å²) >= 11 is 0. The summed E-state index contributed by atoms with van der Waals surface area (Å²) in [5.74, 6) is 1.29. The summed E-state index contributed by atoms with van der Waals surface area (Å²) in [6.45, 7) is 14.1. The molecule has 0 aromatic heterocycles. The molecule has 6 nitrogen and oxygen atoms in total. The molecule has 0 aromatic rings. The molecule has 0 bridgehead atoms. The summed E-state index contributed by atoms with van der Waals surface area (Å²) in [5, 5.41) is 3.44. The Morgan fingerprint density at radius 2 is 2.06 bits per heavy atom. The molecular weight excluding hydrogens is 388 g/mol. The molecule has 174 valence electrons. The highest BCUT2D eigenvalue weighted by atomic mass is 16.6. The van der Waals surface area contributed by atoms with Gasteiger partial charge in [0.05, 0.1) is 6.04 Å². The van der Waals surface area contributed by atoms with Crippen LogP contribution in [0.15, 0.2) is 28.9 Å². The fourth-order valence-corrected chi connectivity index (χ4v) is 5.33. The van der Waals surface area contributed by atoms with Crippen LogP contribution in [0.2, 0.25) is 0 Å². The third-order valence-electron chi connectivity index (χ3n) is 6.79. The number of allylic oxidation sites excluding steroid dienone is 1. The highest BCUT2D eigenvalue weighted by Gasteiger charge is 2.38. The smallest absolute Gasteiger partial charge is 0.410 e. The van der Waals surface area contributed by atoms with Gasteiger partial charge in [-0.25, -0.2) is 4.79 Å². The Balaban J connectivity index is 1.79. The molecule has 3 unspecified atom stereocenters. The van der Waals surface area contributed by atoms with Gasteiger partial charge in [-0.15, -0.1) is 6.58 Å². The van der Waals surface area contributed by atoms with Gasteiger partial charge in [0.1, 0.15) is 5.60 Å². The SMILES string of the molecule is C=CC(CC(C)N=C1CCN(C(=O)OC(C)(C)C)C2CNCCC(N)=C12)C1CCCC1. The van der Waals surface area contributed by atoms with Gasteiger partial charge in [0.15, 0.2) is 0 Å². The summed E-state index contributed by atoms with van der Waals surface area (Å²) in [6, 6.07) is 0.0888. The van der Waals surface area contributed by atoms with Gasteiger partial charge in [0, 0.05) is 49.1 Å². The van der Waals surface area contributed by atoms with E-state index in [9.17, 15) is 4.79 Å². The number of amides is 1. The highest BCUT2D eigenvalue weighted by molar-refractivity contribution is 6.03. The Morgan fingerprint density at radius 3 is 2.71 bits per heavy atom. The first kappa shape index (κ1) is 23.8. The molecule has 1 aliphatic carbocycles. The van der Waals surface area contributed by atoms with E-state index in [1.807, 2.05) is 25.7 Å². The minimum atomic E-state index is -0.520. The van der Waals surface area contributed by atoms with E-state index < -0.39 is 5.60 Å². The van der Waals surface area contributed by atoms with Crippen molar-refractivity contribution in [2.45, 2.75) is 90.3 Å². The second-order valence-corrected chi connectivity index (χ2v) is 10.4. The van der Waals surface area contributed by atoms with Gasteiger partial charge in [-0.3, -0.25) is 9.89 Å². The molecule has 3 atom stereocenters. The van der Waals surface area contributed by atoms with Gasteiger partial charge >= 0.3 is 6.09 Å². The second kappa shape index (κ2) is 10.2. The summed E-state index contributed by atoms with van der Waals surface area (Å²) < 4.78 is 5.69. The van der Waals surface area contributed by atoms with Crippen LogP contribution in [-0.4, -0.2) is 54.0 Å². The zero-order valence-electron chi connectivity index (χ0n) is 20.0. The van der Waals surface area contributed by atoms with Gasteiger partial charge < -0.3 is 15.8 Å². The first-order valence-electron chi connectivity index (χ1n) is 12.1. The average Bonchev–Trinajstić information content (AvgIpc) is 3.15. The molecule has 3 aliphatic rings. The van der Waals surface area contributed by atoms with Crippen LogP contribution < -0.4 is 11.1 Å². The molecular formula is C25H42N4O2. The quantitative estimate of drug-likeness (QED) is 0.633. The van der Waals surface area contributed by atoms with Crippen molar-refractivity contribution in [3.63, 3.8) is 0 Å². The Morgan fingerprint density at radius 1 is 1.35 bits per heavy atom. The molecule has 0 aromatic carbocycles. The van der Waals surface area contributed by atoms with Crippen LogP contribution in [0.4, 0.5) is 4.79 Å². The van der Waals surface area contributed by atoms with Crippen LogP contribution >= 0.6 is 0 Å². The third-order valence-corrected chi connectivity index (χ3v) is 6.79. The van der Waals surface area contributed by atoms with Gasteiger partial charge in [-0.05, 0) is 65.2 Å². The first-order chi connectivity index (χ1) is 14.7. The van der Waals surface area contributed by atoms with Crippen LogP contribution in [0.1, 0.15) is 72.6 Å². The number of nitrogens with two attached hydrogens (primary N) is 1. The molecule has 1 saturated carbocycles. The number of nitrogens with one attached hydrogen (secondary N) is 1. The number of carbonyl (C=O) groups excluding carboxylic acids is 1. The van der Waals surface area contributed by atoms with Gasteiger partial charge in [0.2, 0.25) is 0 Å². The monoisotopic (exact) mass is 430 g/mol. The standard InChI is InChI=1S/C25H42N4O2/c1-6-18(19-9-7-8-10-19)15-17(2)28-21-12-14-29(24(30)31-25(3,4)5)22-16-27-13-11-20(26)23(21)22/h6,17-19,22,27H,1,7-16,26H2,2-5H3. The number of likely N-dealkylation sites (tertiary alicyclic amines) is 1. The van der Waals surface area contributed by atoms with Crippen LogP contribution in [-0.2, 0) is 4.74 Å². The molecule has 1 saturated heterocycles. The topological polar surface area (TPSA) is 80.0 Å². The lowest BCUT2D eigenvalue weighted by molar-refractivity contribution is 0.0190. The molecule has 3 rings (SSSR count). The fraction of sp³-hybridized carbons (Fsp3) is 0.760. The minimum absolute atomic E-state index is 0.123. The molecule has 2 aliphatic heterocycles. The van der Waals surface area contributed by atoms with Crippen molar-refractivity contribution in [1.29, 1.82) is 0 Å². The second-order valence-electron chi connectivity index (χ2n) is 10.4. The predicted molar refractivity (Wildman–Crippen MR) is 127 cm³/mol. The Hall–Kier alpha value is -1.82. The van der Waals surface area contributed by atoms with E-state index in [-0.39, 0.29) is 18.2 Å². The maximum absolute atomic E-state index is 12.9. The predicted octanol–water partition coefficient (Wildman–Crippen LogP) is 4.41. The summed E-state index contributed by atoms with van der Waals surface area (Å²) in [5.41, 5.74) is 8.99. The zero-order valence-corrected chi connectivity index (χ0v) is 20.0. The number of fused-ring (bicyclic) bond motifs is 1. The van der Waals surface area contributed by atoms with Gasteiger partial charge in [-0.1, -0.05) is 18.9 Å². The lowest BCUT2D eigenvalue weighted by Gasteiger charge is -2.39. The maximum Gasteiger partial charge on any atom is 0.410 e. The van der Waals surface area contributed by atoms with Gasteiger partial charge in [-0.2, -0.15) is 0 Å². The fourth-order valence-electron chi connectivity index (χ4n) is 5.33. The maximum atomic E-state index is 12.9. The number of hydrogen-bond acceptors (Lipinski definition) is 5. The summed E-state index contributed by atoms with van der Waals surface area (Å²) in [6.07, 6.45) is 9.72. The van der Waals surface area contributed by atoms with E-state index in [2.05, 4.69) is 24.9 Å². The molecule has 3 N–H and O–H groups in total. The number of hydrogen-bond donors (Lipinski definition) is 2. The number of aliphatic imine (C=N–C) groups is 1. The van der Waals surface area contributed by atoms with Crippen molar-refractivity contribution in [2.75, 3.05) is 19.6 Å². The Bertz CT molecular complexity index is 716. The van der Waals surface area contributed by atoms with Crippen molar-refractivity contribution in [3.8, 4) is 0 Å². The van der Waals surface area contributed by atoms with Crippen LogP contribution in [0.5, 0.6) is 0 Å². The molecule has 2 fully saturated rings. The summed E-state index contributed by atoms with van der Waals surface area (Å²) in [4.78, 5) is 19.9. The number of ether oxygens (including phenoxy) is 1. The Labute approximate surface area is 188 Å². The van der Waals surface area contributed by atoms with E-state index in [0.717, 1.165) is 48.7 Å². The minimum Gasteiger partial charge on any atom is -0.444 e. The van der Waals surface area contributed by atoms with E-state index in [4.69, 9.17) is 15.5 Å². The third kappa shape index (κ3) is 6.12. The van der Waals surface area contributed by atoms with E-state index in [1.54, 1.807) is 0 Å². The number of nitrogens with zero attached hydrogens (tertiary/aromatic N) is 2. The zero-order chi connectivity index (χ0) is 22.6. The normalized spacial score (nSPS) is 26.4. The number of piperidine rings is 1. The first-order valence-corrected chi connectivity index (χ1v) is 12.1. The van der Waals surface area contributed by atoms with Gasteiger partial charge in [0.25, 0.3) is 0 Å². The molecule has 6 heteroatoms. The lowest BCUT2D eigenvalue weighted by Crippen LogP contribution is -2.53. The van der Waals surface area contributed by atoms with Crippen LogP contribution in [0.3, 0.4) is 0 Å². The lowest BCUT2D eigenvalue weighted by atomic mass is 9.86. The van der Waals surface area contributed by atoms with Crippen molar-refractivity contribution in [3.05, 3.63) is 23.9 Å². The molecule has 0 radical (unpaired) electrons.